The van der Waals surface area contributed by atoms with E-state index in [2.05, 4.69) is 11.8 Å². The van der Waals surface area contributed by atoms with Crippen LogP contribution in [-0.2, 0) is 10.0 Å². The minimum absolute atomic E-state index is 0.0375. The topological polar surface area (TPSA) is 63.4 Å². The van der Waals surface area contributed by atoms with E-state index < -0.39 is 10.0 Å². The Labute approximate surface area is 127 Å². The van der Waals surface area contributed by atoms with E-state index >= 15 is 0 Å². The fraction of sp³-hybridized carbons (Fsp3) is 0.500. The van der Waals surface area contributed by atoms with Crippen LogP contribution in [0.25, 0.3) is 0 Å². The van der Waals surface area contributed by atoms with Crippen molar-refractivity contribution in [2.75, 3.05) is 6.54 Å². The Morgan fingerprint density at radius 2 is 2.05 bits per heavy atom. The van der Waals surface area contributed by atoms with Crippen molar-refractivity contribution in [3.8, 4) is 11.8 Å². The number of hydrogen-bond donors (Lipinski definition) is 1. The average molecular weight is 306 g/mol. The Bertz CT molecular complexity index is 658. The molecule has 1 saturated heterocycles. The van der Waals surface area contributed by atoms with Crippen LogP contribution in [0.15, 0.2) is 29.2 Å². The van der Waals surface area contributed by atoms with Crippen LogP contribution in [0.5, 0.6) is 0 Å². The van der Waals surface area contributed by atoms with Gasteiger partial charge >= 0.3 is 0 Å². The fourth-order valence-electron chi connectivity index (χ4n) is 2.92. The first-order chi connectivity index (χ1) is 10.0. The zero-order valence-electron chi connectivity index (χ0n) is 12.5. The van der Waals surface area contributed by atoms with E-state index in [-0.39, 0.29) is 23.5 Å². The van der Waals surface area contributed by atoms with Crippen molar-refractivity contribution in [1.82, 2.24) is 4.31 Å². The number of nitrogens with two attached hydrogens (primary N) is 1. The van der Waals surface area contributed by atoms with Crippen molar-refractivity contribution in [2.24, 2.45) is 5.73 Å². The lowest BCUT2D eigenvalue weighted by Gasteiger charge is -2.27. The van der Waals surface area contributed by atoms with E-state index in [1.165, 1.54) is 0 Å². The summed E-state index contributed by atoms with van der Waals surface area (Å²) >= 11 is 0. The summed E-state index contributed by atoms with van der Waals surface area (Å²) in [6.45, 7) is 4.22. The van der Waals surface area contributed by atoms with Crippen LogP contribution >= 0.6 is 0 Å². The van der Waals surface area contributed by atoms with Gasteiger partial charge in [0.1, 0.15) is 0 Å². The minimum Gasteiger partial charge on any atom is -0.320 e. The van der Waals surface area contributed by atoms with Gasteiger partial charge in [-0.15, -0.1) is 0 Å². The second-order valence-corrected chi connectivity index (χ2v) is 7.14. The maximum absolute atomic E-state index is 13.0. The maximum atomic E-state index is 13.0. The van der Waals surface area contributed by atoms with E-state index in [0.29, 0.717) is 5.56 Å². The van der Waals surface area contributed by atoms with Gasteiger partial charge in [0.05, 0.1) is 11.4 Å². The van der Waals surface area contributed by atoms with Gasteiger partial charge in [-0.05, 0) is 38.3 Å². The first kappa shape index (κ1) is 16.0. The number of sulfonamides is 1. The molecule has 1 fully saturated rings. The molecule has 0 spiro atoms. The monoisotopic (exact) mass is 306 g/mol. The second kappa shape index (κ2) is 6.61. The molecule has 0 bridgehead atoms. The largest absolute Gasteiger partial charge is 0.320 e. The first-order valence-electron chi connectivity index (χ1n) is 7.33. The maximum Gasteiger partial charge on any atom is 0.244 e. The molecule has 21 heavy (non-hydrogen) atoms. The molecule has 4 nitrogen and oxygen atoms in total. The SMILES string of the molecule is CCC1CCC(C)N1S(=O)(=O)c1ccccc1C#CCN. The van der Waals surface area contributed by atoms with Crippen LogP contribution in [0, 0.1) is 11.8 Å². The minimum atomic E-state index is -3.52. The lowest BCUT2D eigenvalue weighted by molar-refractivity contribution is 0.328. The van der Waals surface area contributed by atoms with Gasteiger partial charge in [-0.3, -0.25) is 0 Å². The van der Waals surface area contributed by atoms with Crippen LogP contribution < -0.4 is 5.73 Å². The van der Waals surface area contributed by atoms with Gasteiger partial charge in [0, 0.05) is 17.6 Å². The predicted octanol–water partition coefficient (Wildman–Crippen LogP) is 1.95. The molecule has 2 rings (SSSR count). The Morgan fingerprint density at radius 3 is 2.71 bits per heavy atom. The molecule has 0 aliphatic carbocycles. The normalized spacial score (nSPS) is 22.8. The highest BCUT2D eigenvalue weighted by Gasteiger charge is 2.39. The summed E-state index contributed by atoms with van der Waals surface area (Å²) in [6.07, 6.45) is 2.67. The molecule has 0 saturated carbocycles. The number of benzene rings is 1. The second-order valence-electron chi connectivity index (χ2n) is 5.33. The van der Waals surface area contributed by atoms with Crippen molar-refractivity contribution in [2.45, 2.75) is 50.1 Å². The van der Waals surface area contributed by atoms with Gasteiger partial charge in [0.2, 0.25) is 10.0 Å². The molecule has 1 heterocycles. The van der Waals surface area contributed by atoms with Crippen LogP contribution in [0.3, 0.4) is 0 Å². The zero-order chi connectivity index (χ0) is 15.5. The fourth-order valence-corrected chi connectivity index (χ4v) is 5.02. The highest BCUT2D eigenvalue weighted by atomic mass is 32.2. The standard InChI is InChI=1S/C16H22N2O2S/c1-3-15-11-10-13(2)18(15)21(19,20)16-9-5-4-7-14(16)8-6-12-17/h4-5,7,9,13,15H,3,10-12,17H2,1-2H3. The summed E-state index contributed by atoms with van der Waals surface area (Å²) in [7, 11) is -3.52. The van der Waals surface area contributed by atoms with Crippen molar-refractivity contribution < 1.29 is 8.42 Å². The van der Waals surface area contributed by atoms with Crippen LogP contribution in [0.1, 0.15) is 38.7 Å². The molecule has 1 aromatic rings. The van der Waals surface area contributed by atoms with E-state index in [9.17, 15) is 8.42 Å². The number of rotatable bonds is 3. The molecule has 114 valence electrons. The Hall–Kier alpha value is -1.35. The molecule has 2 unspecified atom stereocenters. The van der Waals surface area contributed by atoms with Crippen molar-refractivity contribution in [1.29, 1.82) is 0 Å². The van der Waals surface area contributed by atoms with Crippen molar-refractivity contribution in [3.05, 3.63) is 29.8 Å². The Balaban J connectivity index is 2.49. The summed E-state index contributed by atoms with van der Waals surface area (Å²) in [4.78, 5) is 0.290. The summed E-state index contributed by atoms with van der Waals surface area (Å²) in [5, 5.41) is 0. The summed E-state index contributed by atoms with van der Waals surface area (Å²) in [6, 6.07) is 7.02. The van der Waals surface area contributed by atoms with Crippen LogP contribution in [0.2, 0.25) is 0 Å². The summed E-state index contributed by atoms with van der Waals surface area (Å²) in [5.74, 6) is 5.61. The number of nitrogens with zero attached hydrogens (tertiary/aromatic N) is 1. The lowest BCUT2D eigenvalue weighted by atomic mass is 10.2. The predicted molar refractivity (Wildman–Crippen MR) is 84.2 cm³/mol. The van der Waals surface area contributed by atoms with Gasteiger partial charge in [0.15, 0.2) is 0 Å². The molecule has 2 N–H and O–H groups in total. The van der Waals surface area contributed by atoms with Crippen molar-refractivity contribution >= 4 is 10.0 Å². The third-order valence-electron chi connectivity index (χ3n) is 3.95. The van der Waals surface area contributed by atoms with Gasteiger partial charge in [0.25, 0.3) is 0 Å². The molecular formula is C16H22N2O2S. The molecule has 1 aliphatic rings. The van der Waals surface area contributed by atoms with Gasteiger partial charge in [-0.1, -0.05) is 30.9 Å². The van der Waals surface area contributed by atoms with Gasteiger partial charge in [-0.25, -0.2) is 8.42 Å². The van der Waals surface area contributed by atoms with Crippen LogP contribution in [-0.4, -0.2) is 31.4 Å². The molecule has 0 radical (unpaired) electrons. The molecule has 1 aromatic carbocycles. The molecule has 0 amide bonds. The molecular weight excluding hydrogens is 284 g/mol. The number of hydrogen-bond acceptors (Lipinski definition) is 3. The summed E-state index contributed by atoms with van der Waals surface area (Å²) < 4.78 is 27.7. The molecule has 5 heteroatoms. The highest BCUT2D eigenvalue weighted by Crippen LogP contribution is 2.33. The first-order valence-corrected chi connectivity index (χ1v) is 8.77. The van der Waals surface area contributed by atoms with E-state index in [4.69, 9.17) is 5.73 Å². The smallest absolute Gasteiger partial charge is 0.244 e. The van der Waals surface area contributed by atoms with Gasteiger partial charge < -0.3 is 5.73 Å². The molecule has 0 aromatic heterocycles. The van der Waals surface area contributed by atoms with E-state index in [1.54, 1.807) is 28.6 Å². The van der Waals surface area contributed by atoms with Gasteiger partial charge in [-0.2, -0.15) is 4.31 Å². The highest BCUT2D eigenvalue weighted by molar-refractivity contribution is 7.89. The van der Waals surface area contributed by atoms with E-state index in [1.807, 2.05) is 13.8 Å². The van der Waals surface area contributed by atoms with Crippen molar-refractivity contribution in [3.63, 3.8) is 0 Å². The quantitative estimate of drug-likeness (QED) is 0.868. The zero-order valence-corrected chi connectivity index (χ0v) is 13.4. The summed E-state index contributed by atoms with van der Waals surface area (Å²) in [5.41, 5.74) is 5.91. The lowest BCUT2D eigenvalue weighted by Crippen LogP contribution is -2.39. The third kappa shape index (κ3) is 3.13. The molecule has 2 atom stereocenters. The average Bonchev–Trinajstić information content (AvgIpc) is 2.87. The Kier molecular flexibility index (Phi) is 5.04. The Morgan fingerprint density at radius 1 is 1.33 bits per heavy atom. The molecule has 1 aliphatic heterocycles. The third-order valence-corrected chi connectivity index (χ3v) is 6.08. The van der Waals surface area contributed by atoms with Crippen LogP contribution in [0.4, 0.5) is 0 Å². The van der Waals surface area contributed by atoms with E-state index in [0.717, 1.165) is 19.3 Å².